The lowest BCUT2D eigenvalue weighted by Crippen LogP contribution is -2.31. The number of hydrogen-bond donors (Lipinski definition) is 2. The number of amides is 1. The first-order chi connectivity index (χ1) is 7.19. The first kappa shape index (κ1) is 11.6. The number of aliphatic hydroxyl groups excluding tert-OH is 1. The van der Waals surface area contributed by atoms with Crippen LogP contribution in [0.4, 0.5) is 0 Å². The molecule has 1 aromatic heterocycles. The number of aromatic nitrogens is 3. The summed E-state index contributed by atoms with van der Waals surface area (Å²) in [7, 11) is 0. The number of rotatable bonds is 5. The molecule has 0 spiro atoms. The monoisotopic (exact) mass is 212 g/mol. The molecule has 0 aliphatic heterocycles. The third-order valence-corrected chi connectivity index (χ3v) is 2.05. The average Bonchev–Trinajstić information content (AvgIpc) is 2.66. The Kier molecular flexibility index (Phi) is 4.23. The predicted molar refractivity (Wildman–Crippen MR) is 54.2 cm³/mol. The summed E-state index contributed by atoms with van der Waals surface area (Å²) in [5, 5.41) is 19.1. The highest BCUT2D eigenvalue weighted by molar-refractivity contribution is 5.79. The Bertz CT molecular complexity index is 324. The van der Waals surface area contributed by atoms with E-state index < -0.39 is 0 Å². The number of carbonyl (C=O) groups excluding carboxylic acids is 1. The van der Waals surface area contributed by atoms with Gasteiger partial charge in [-0.3, -0.25) is 4.79 Å². The van der Waals surface area contributed by atoms with Gasteiger partial charge in [0.05, 0.1) is 5.69 Å². The lowest BCUT2D eigenvalue weighted by molar-refractivity contribution is -0.124. The van der Waals surface area contributed by atoms with Crippen LogP contribution in [0.25, 0.3) is 0 Å². The summed E-state index contributed by atoms with van der Waals surface area (Å²) in [5.41, 5.74) is 0.689. The predicted octanol–water partition coefficient (Wildman–Crippen LogP) is -0.490. The number of hydrogen-bond acceptors (Lipinski definition) is 4. The van der Waals surface area contributed by atoms with Crippen molar-refractivity contribution in [2.45, 2.75) is 26.3 Å². The molecule has 0 fully saturated rings. The van der Waals surface area contributed by atoms with Crippen molar-refractivity contribution in [1.29, 1.82) is 0 Å². The molecule has 0 saturated heterocycles. The van der Waals surface area contributed by atoms with Crippen molar-refractivity contribution >= 4 is 5.91 Å². The van der Waals surface area contributed by atoms with Crippen molar-refractivity contribution in [3.05, 3.63) is 11.9 Å². The first-order valence-corrected chi connectivity index (χ1v) is 4.98. The van der Waals surface area contributed by atoms with Gasteiger partial charge in [0.2, 0.25) is 5.91 Å². The van der Waals surface area contributed by atoms with Crippen molar-refractivity contribution in [1.82, 2.24) is 20.3 Å². The maximum atomic E-state index is 11.5. The third kappa shape index (κ3) is 3.02. The van der Waals surface area contributed by atoms with Crippen LogP contribution >= 0.6 is 0 Å². The molecule has 1 heterocycles. The third-order valence-electron chi connectivity index (χ3n) is 2.05. The van der Waals surface area contributed by atoms with E-state index in [9.17, 15) is 4.79 Å². The molecule has 1 atom stereocenters. The quantitative estimate of drug-likeness (QED) is 0.690. The van der Waals surface area contributed by atoms with E-state index in [4.69, 9.17) is 5.11 Å². The molecular weight excluding hydrogens is 196 g/mol. The second-order valence-electron chi connectivity index (χ2n) is 3.23. The van der Waals surface area contributed by atoms with E-state index in [0.29, 0.717) is 18.7 Å². The zero-order chi connectivity index (χ0) is 11.3. The second-order valence-corrected chi connectivity index (χ2v) is 3.23. The molecule has 6 nitrogen and oxygen atoms in total. The Labute approximate surface area is 88.3 Å². The number of aliphatic hydroxyl groups is 1. The maximum Gasteiger partial charge on any atom is 0.244 e. The van der Waals surface area contributed by atoms with E-state index in [2.05, 4.69) is 15.6 Å². The Hall–Kier alpha value is -1.43. The van der Waals surface area contributed by atoms with Gasteiger partial charge in [0, 0.05) is 25.8 Å². The summed E-state index contributed by atoms with van der Waals surface area (Å²) in [6.45, 7) is 4.25. The Balaban J connectivity index is 2.64. The van der Waals surface area contributed by atoms with Crippen LogP contribution in [0, 0.1) is 0 Å². The van der Waals surface area contributed by atoms with Gasteiger partial charge in [-0.15, -0.1) is 5.10 Å². The van der Waals surface area contributed by atoms with Gasteiger partial charge < -0.3 is 10.4 Å². The summed E-state index contributed by atoms with van der Waals surface area (Å²) in [5.74, 6) is -0.0852. The fraction of sp³-hybridized carbons (Fsp3) is 0.667. The fourth-order valence-corrected chi connectivity index (χ4v) is 1.17. The SMILES string of the molecule is CCNC(=O)C(C)n1cc(CCO)nn1. The van der Waals surface area contributed by atoms with Gasteiger partial charge in [0.25, 0.3) is 0 Å². The van der Waals surface area contributed by atoms with E-state index in [1.165, 1.54) is 4.68 Å². The molecule has 1 rings (SSSR count). The van der Waals surface area contributed by atoms with E-state index in [1.807, 2.05) is 6.92 Å². The zero-order valence-electron chi connectivity index (χ0n) is 8.97. The van der Waals surface area contributed by atoms with Crippen LogP contribution in [-0.2, 0) is 11.2 Å². The molecule has 6 heteroatoms. The van der Waals surface area contributed by atoms with Crippen LogP contribution in [0.15, 0.2) is 6.20 Å². The van der Waals surface area contributed by atoms with Gasteiger partial charge in [0.15, 0.2) is 0 Å². The molecule has 0 saturated carbocycles. The highest BCUT2D eigenvalue weighted by atomic mass is 16.3. The van der Waals surface area contributed by atoms with Crippen LogP contribution in [0.2, 0.25) is 0 Å². The standard InChI is InChI=1S/C9H16N4O2/c1-3-10-9(15)7(2)13-6-8(4-5-14)11-12-13/h6-7,14H,3-5H2,1-2H3,(H,10,15). The van der Waals surface area contributed by atoms with Gasteiger partial charge in [0.1, 0.15) is 6.04 Å². The van der Waals surface area contributed by atoms with Crippen LogP contribution < -0.4 is 5.32 Å². The minimum Gasteiger partial charge on any atom is -0.396 e. The summed E-state index contributed by atoms with van der Waals surface area (Å²) < 4.78 is 1.50. The van der Waals surface area contributed by atoms with Gasteiger partial charge in [-0.05, 0) is 13.8 Å². The molecule has 15 heavy (non-hydrogen) atoms. The number of nitrogens with zero attached hydrogens (tertiary/aromatic N) is 3. The number of carbonyl (C=O) groups is 1. The molecule has 1 aromatic rings. The Morgan fingerprint density at radius 1 is 1.73 bits per heavy atom. The molecule has 1 amide bonds. The molecule has 1 unspecified atom stereocenters. The summed E-state index contributed by atoms with van der Waals surface area (Å²) >= 11 is 0. The average molecular weight is 212 g/mol. The first-order valence-electron chi connectivity index (χ1n) is 4.98. The summed E-state index contributed by atoms with van der Waals surface area (Å²) in [6, 6.07) is -0.370. The lowest BCUT2D eigenvalue weighted by atomic mass is 10.3. The van der Waals surface area contributed by atoms with Crippen molar-refractivity contribution in [2.75, 3.05) is 13.2 Å². The lowest BCUT2D eigenvalue weighted by Gasteiger charge is -2.09. The fourth-order valence-electron chi connectivity index (χ4n) is 1.17. The van der Waals surface area contributed by atoms with Crippen LogP contribution in [0.3, 0.4) is 0 Å². The number of nitrogens with one attached hydrogen (secondary N) is 1. The number of likely N-dealkylation sites (N-methyl/N-ethyl adjacent to an activating group) is 1. The smallest absolute Gasteiger partial charge is 0.244 e. The van der Waals surface area contributed by atoms with Gasteiger partial charge in [-0.1, -0.05) is 5.21 Å². The van der Waals surface area contributed by atoms with Crippen molar-refractivity contribution in [3.8, 4) is 0 Å². The minimum absolute atomic E-state index is 0.0359. The van der Waals surface area contributed by atoms with Crippen LogP contribution in [-0.4, -0.2) is 39.2 Å². The molecule has 0 radical (unpaired) electrons. The molecule has 2 N–H and O–H groups in total. The van der Waals surface area contributed by atoms with Crippen LogP contribution in [0.1, 0.15) is 25.6 Å². The van der Waals surface area contributed by atoms with E-state index in [1.54, 1.807) is 13.1 Å². The maximum absolute atomic E-state index is 11.5. The van der Waals surface area contributed by atoms with E-state index in [-0.39, 0.29) is 18.6 Å². The highest BCUT2D eigenvalue weighted by Gasteiger charge is 2.15. The largest absolute Gasteiger partial charge is 0.396 e. The second kappa shape index (κ2) is 5.45. The topological polar surface area (TPSA) is 80.0 Å². The molecule has 0 aliphatic rings. The van der Waals surface area contributed by atoms with E-state index >= 15 is 0 Å². The molecular formula is C9H16N4O2. The molecule has 0 bridgehead atoms. The van der Waals surface area contributed by atoms with Crippen molar-refractivity contribution in [3.63, 3.8) is 0 Å². The van der Waals surface area contributed by atoms with E-state index in [0.717, 1.165) is 0 Å². The van der Waals surface area contributed by atoms with Crippen LogP contribution in [0.5, 0.6) is 0 Å². The summed E-state index contributed by atoms with van der Waals surface area (Å²) in [6.07, 6.45) is 2.14. The Morgan fingerprint density at radius 2 is 2.47 bits per heavy atom. The molecule has 0 aromatic carbocycles. The van der Waals surface area contributed by atoms with Gasteiger partial charge in [-0.2, -0.15) is 0 Å². The summed E-state index contributed by atoms with van der Waals surface area (Å²) in [4.78, 5) is 11.5. The normalized spacial score (nSPS) is 12.5. The van der Waals surface area contributed by atoms with Crippen molar-refractivity contribution in [2.24, 2.45) is 0 Å². The Morgan fingerprint density at radius 3 is 3.07 bits per heavy atom. The van der Waals surface area contributed by atoms with Gasteiger partial charge in [-0.25, -0.2) is 4.68 Å². The molecule has 0 aliphatic carbocycles. The minimum atomic E-state index is -0.370. The zero-order valence-corrected chi connectivity index (χ0v) is 8.97. The molecule has 84 valence electrons. The van der Waals surface area contributed by atoms with Gasteiger partial charge >= 0.3 is 0 Å². The highest BCUT2D eigenvalue weighted by Crippen LogP contribution is 2.04. The van der Waals surface area contributed by atoms with Crippen molar-refractivity contribution < 1.29 is 9.90 Å².